The molecule has 4 rings (SSSR count). The molecule has 17 nitrogen and oxygen atoms in total. The molecule has 56 heavy (non-hydrogen) atoms. The van der Waals surface area contributed by atoms with Gasteiger partial charge in [-0.15, -0.1) is 0 Å². The summed E-state index contributed by atoms with van der Waals surface area (Å²) in [6.45, 7) is 26.0. The van der Waals surface area contributed by atoms with Crippen LogP contribution in [0.1, 0.15) is 81.2 Å². The number of hydrogen-bond donors (Lipinski definition) is 3. The fraction of sp³-hybridized carbons (Fsp3) is 0.730. The Kier molecular flexibility index (Phi) is 15.7. The average Bonchev–Trinajstić information content (AvgIpc) is 3.59. The molecule has 0 radical (unpaired) electrons. The quantitative estimate of drug-likeness (QED) is 0.254. The van der Waals surface area contributed by atoms with Crippen molar-refractivity contribution in [1.29, 1.82) is 0 Å². The molecule has 4 heterocycles. The van der Waals surface area contributed by atoms with Crippen molar-refractivity contribution in [3.05, 3.63) is 45.5 Å². The van der Waals surface area contributed by atoms with Crippen LogP contribution in [0.3, 0.4) is 0 Å². The van der Waals surface area contributed by atoms with Crippen molar-refractivity contribution in [1.82, 2.24) is 19.1 Å². The number of aromatic nitrogens is 4. The summed E-state index contributed by atoms with van der Waals surface area (Å²) in [7, 11) is -1.12. The number of hydrogen-bond acceptors (Lipinski definition) is 13. The van der Waals surface area contributed by atoms with Crippen molar-refractivity contribution in [2.24, 2.45) is 0 Å². The van der Waals surface area contributed by atoms with Gasteiger partial charge in [0.2, 0.25) is 11.8 Å². The summed E-state index contributed by atoms with van der Waals surface area (Å²) >= 11 is 0. The number of amides is 2. The van der Waals surface area contributed by atoms with E-state index in [4.69, 9.17) is 27.8 Å². The van der Waals surface area contributed by atoms with Crippen LogP contribution in [0.15, 0.2) is 34.1 Å². The van der Waals surface area contributed by atoms with Gasteiger partial charge in [0.05, 0.1) is 12.7 Å². The molecule has 0 aliphatic carbocycles. The Morgan fingerprint density at radius 1 is 0.732 bits per heavy atom. The van der Waals surface area contributed by atoms with Crippen LogP contribution in [-0.2, 0) is 37.4 Å². The minimum absolute atomic E-state index is 0.0399. The number of aliphatic hydroxyl groups is 1. The van der Waals surface area contributed by atoms with E-state index >= 15 is 0 Å². The van der Waals surface area contributed by atoms with E-state index in [1.54, 1.807) is 19.4 Å². The van der Waals surface area contributed by atoms with Crippen LogP contribution in [-0.4, -0.2) is 110 Å². The third kappa shape index (κ3) is 11.1. The second-order valence-electron chi connectivity index (χ2n) is 17.2. The molecule has 19 heteroatoms. The Balaban J connectivity index is 0.000000300. The van der Waals surface area contributed by atoms with Crippen LogP contribution in [0.5, 0.6) is 0 Å². The monoisotopic (exact) mass is 824 g/mol. The van der Waals surface area contributed by atoms with Gasteiger partial charge in [0.1, 0.15) is 42.2 Å². The van der Waals surface area contributed by atoms with E-state index in [1.807, 2.05) is 6.92 Å². The van der Waals surface area contributed by atoms with E-state index < -0.39 is 64.9 Å². The highest BCUT2D eigenvalue weighted by molar-refractivity contribution is 6.74. The fourth-order valence-electron chi connectivity index (χ4n) is 5.87. The molecule has 8 atom stereocenters. The van der Waals surface area contributed by atoms with Gasteiger partial charge in [0, 0.05) is 40.5 Å². The molecule has 2 amide bonds. The molecule has 0 bridgehead atoms. The van der Waals surface area contributed by atoms with Gasteiger partial charge in [-0.05, 0) is 54.8 Å². The minimum Gasteiger partial charge on any atom is -0.408 e. The van der Waals surface area contributed by atoms with Crippen LogP contribution in [0.25, 0.3) is 0 Å². The number of nitrogens with one attached hydrogen (secondary N) is 2. The SMILES string of the molecule is CC[C@H]1O[C@@H](n2ccc(NC(C)=O)nc2=O)[C@@H](OC)C1O[Si](C)(C)C(C)(C)C.CO[C@H]1C(O[Si](C)(C)C(C)(C)C)[C@@H](CO)O[C@H]1n1ccc(NC(C)=O)nc1=O. The Labute approximate surface area is 332 Å². The van der Waals surface area contributed by atoms with Crippen LogP contribution in [0.4, 0.5) is 11.6 Å². The predicted octanol–water partition coefficient (Wildman–Crippen LogP) is 4.41. The standard InChI is InChI=1S/C19H33N3O5Si.C18H31N3O6Si/c1-9-13-15(27-28(7,8)19(3,4)5)16(25-6)17(26-13)22-11-10-14(20-12(2)23)21-18(22)24;1-11(23)19-13-8-9-21(17(24)20-13)16-15(25-5)14(12(10-22)26-16)27-28(6,7)18(2,3)4/h10-11,13,15-17H,9H2,1-8H3,(H,20,21,23,24);8-9,12,14-16,22H,10H2,1-7H3,(H,19,20,23,24)/t13-,15?,16+,17-;12-,14?,15+,16-/m11/s1. The number of nitrogens with zero attached hydrogens (tertiary/aromatic N) is 4. The van der Waals surface area contributed by atoms with Gasteiger partial charge in [-0.25, -0.2) is 9.59 Å². The van der Waals surface area contributed by atoms with E-state index in [0.717, 1.165) is 6.42 Å². The zero-order chi connectivity index (χ0) is 42.6. The Bertz CT molecular complexity index is 1650. The molecule has 2 unspecified atom stereocenters. The zero-order valence-corrected chi connectivity index (χ0v) is 37.7. The Morgan fingerprint density at radius 2 is 1.09 bits per heavy atom. The lowest BCUT2D eigenvalue weighted by Gasteiger charge is -2.40. The molecular weight excluding hydrogens is 761 g/mol. The lowest BCUT2D eigenvalue weighted by molar-refractivity contribution is -0.115. The van der Waals surface area contributed by atoms with Gasteiger partial charge in [0.25, 0.3) is 0 Å². The summed E-state index contributed by atoms with van der Waals surface area (Å²) in [5.41, 5.74) is -1.11. The molecule has 0 spiro atoms. The van der Waals surface area contributed by atoms with Crippen molar-refractivity contribution in [2.75, 3.05) is 31.5 Å². The van der Waals surface area contributed by atoms with Crippen molar-refractivity contribution >= 4 is 40.1 Å². The third-order valence-corrected chi connectivity index (χ3v) is 19.9. The number of aliphatic hydroxyl groups excluding tert-OH is 1. The lowest BCUT2D eigenvalue weighted by Crippen LogP contribution is -2.50. The second-order valence-corrected chi connectivity index (χ2v) is 26.7. The van der Waals surface area contributed by atoms with Gasteiger partial charge in [-0.1, -0.05) is 48.5 Å². The molecule has 316 valence electrons. The fourth-order valence-corrected chi connectivity index (χ4v) is 8.51. The van der Waals surface area contributed by atoms with Gasteiger partial charge in [-0.2, -0.15) is 9.97 Å². The highest BCUT2D eigenvalue weighted by Gasteiger charge is 2.52. The number of anilines is 2. The van der Waals surface area contributed by atoms with Crippen LogP contribution >= 0.6 is 0 Å². The van der Waals surface area contributed by atoms with Gasteiger partial charge < -0.3 is 43.5 Å². The summed E-state index contributed by atoms with van der Waals surface area (Å²) in [6.07, 6.45) is -0.314. The summed E-state index contributed by atoms with van der Waals surface area (Å²) in [5.74, 6) is -0.236. The number of methoxy groups -OCH3 is 2. The average molecular weight is 825 g/mol. The zero-order valence-electron chi connectivity index (χ0n) is 35.7. The van der Waals surface area contributed by atoms with Crippen molar-refractivity contribution in [2.45, 2.75) is 154 Å². The third-order valence-electron chi connectivity index (χ3n) is 11.0. The second kappa shape index (κ2) is 18.6. The van der Waals surface area contributed by atoms with Crippen molar-refractivity contribution in [3.63, 3.8) is 0 Å². The Hall–Kier alpha value is -3.15. The molecule has 2 aromatic heterocycles. The number of carbonyl (C=O) groups is 2. The highest BCUT2D eigenvalue weighted by Crippen LogP contribution is 2.43. The summed E-state index contributed by atoms with van der Waals surface area (Å²) < 4.78 is 39.3. The number of carbonyl (C=O) groups excluding carboxylic acids is 2. The van der Waals surface area contributed by atoms with Crippen LogP contribution < -0.4 is 22.0 Å². The van der Waals surface area contributed by atoms with Crippen molar-refractivity contribution in [3.8, 4) is 0 Å². The molecule has 2 fully saturated rings. The smallest absolute Gasteiger partial charge is 0.351 e. The van der Waals surface area contributed by atoms with E-state index in [9.17, 15) is 24.3 Å². The Morgan fingerprint density at radius 3 is 1.38 bits per heavy atom. The summed E-state index contributed by atoms with van der Waals surface area (Å²) in [4.78, 5) is 55.2. The van der Waals surface area contributed by atoms with E-state index in [-0.39, 0.29) is 52.3 Å². The summed E-state index contributed by atoms with van der Waals surface area (Å²) in [5, 5.41) is 14.8. The van der Waals surface area contributed by atoms with E-state index in [0.29, 0.717) is 0 Å². The largest absolute Gasteiger partial charge is 0.408 e. The van der Waals surface area contributed by atoms with Gasteiger partial charge in [-0.3, -0.25) is 18.7 Å². The first-order valence-electron chi connectivity index (χ1n) is 18.9. The first-order valence-corrected chi connectivity index (χ1v) is 24.7. The first kappa shape index (κ1) is 47.2. The maximum atomic E-state index is 12.5. The van der Waals surface area contributed by atoms with Crippen molar-refractivity contribution < 1.29 is 42.5 Å². The number of rotatable bonds is 12. The van der Waals surface area contributed by atoms with Crippen LogP contribution in [0, 0.1) is 0 Å². The molecule has 2 aliphatic rings. The first-order chi connectivity index (χ1) is 25.8. The van der Waals surface area contributed by atoms with Gasteiger partial charge >= 0.3 is 11.4 Å². The topological polar surface area (TPSA) is 204 Å². The molecule has 2 saturated heterocycles. The minimum atomic E-state index is -2.18. The molecule has 3 N–H and O–H groups in total. The van der Waals surface area contributed by atoms with E-state index in [1.165, 1.54) is 42.4 Å². The van der Waals surface area contributed by atoms with E-state index in [2.05, 4.69) is 88.3 Å². The van der Waals surface area contributed by atoms with Crippen LogP contribution in [0.2, 0.25) is 36.3 Å². The molecular formula is C37H64N6O11Si2. The molecule has 2 aliphatic heterocycles. The molecule has 2 aromatic rings. The predicted molar refractivity (Wildman–Crippen MR) is 217 cm³/mol. The maximum Gasteiger partial charge on any atom is 0.351 e. The molecule has 0 aromatic carbocycles. The normalized spacial score (nSPS) is 25.7. The lowest BCUT2D eigenvalue weighted by atomic mass is 10.1. The number of ether oxygens (including phenoxy) is 4. The summed E-state index contributed by atoms with van der Waals surface area (Å²) in [6, 6.07) is 3.08. The highest BCUT2D eigenvalue weighted by atomic mass is 28.4. The molecule has 0 saturated carbocycles. The van der Waals surface area contributed by atoms with Gasteiger partial charge in [0.15, 0.2) is 29.1 Å². The maximum absolute atomic E-state index is 12.5.